The van der Waals surface area contributed by atoms with Crippen molar-refractivity contribution in [2.75, 3.05) is 10.6 Å². The summed E-state index contributed by atoms with van der Waals surface area (Å²) in [6, 6.07) is 14.8. The van der Waals surface area contributed by atoms with Crippen LogP contribution >= 0.6 is 11.8 Å². The van der Waals surface area contributed by atoms with Gasteiger partial charge >= 0.3 is 12.2 Å². The second-order valence-electron chi connectivity index (χ2n) is 11.1. The molecule has 2 aliphatic heterocycles. The summed E-state index contributed by atoms with van der Waals surface area (Å²) < 4.78 is 11.1. The number of anilines is 2. The Bertz CT molecular complexity index is 1430. The van der Waals surface area contributed by atoms with Gasteiger partial charge in [-0.1, -0.05) is 30.0 Å². The number of amides is 3. The van der Waals surface area contributed by atoms with Gasteiger partial charge in [-0.25, -0.2) is 14.5 Å². The van der Waals surface area contributed by atoms with Crippen LogP contribution in [0.3, 0.4) is 0 Å². The zero-order chi connectivity index (χ0) is 28.7. The minimum atomic E-state index is -0.900. The highest BCUT2D eigenvalue weighted by molar-refractivity contribution is 8.08. The first-order valence-corrected chi connectivity index (χ1v) is 13.2. The van der Waals surface area contributed by atoms with Crippen molar-refractivity contribution in [1.29, 1.82) is 0 Å². The van der Waals surface area contributed by atoms with Gasteiger partial charge in [0.1, 0.15) is 11.2 Å². The molecule has 0 radical (unpaired) electrons. The van der Waals surface area contributed by atoms with E-state index >= 15 is 0 Å². The van der Waals surface area contributed by atoms with E-state index in [0.29, 0.717) is 16.4 Å². The molecule has 2 aromatic carbocycles. The number of para-hydroxylation sites is 1. The van der Waals surface area contributed by atoms with Crippen LogP contribution in [-0.4, -0.2) is 40.0 Å². The first kappa shape index (κ1) is 28.0. The third kappa shape index (κ3) is 6.17. The van der Waals surface area contributed by atoms with Crippen LogP contribution in [0.15, 0.2) is 75.9 Å². The van der Waals surface area contributed by atoms with Crippen LogP contribution in [0.1, 0.15) is 54.0 Å². The number of carbonyl (C=O) groups excluding carboxylic acids is 3. The van der Waals surface area contributed by atoms with E-state index in [1.807, 2.05) is 24.3 Å². The number of fused-ring (bicyclic) bond motifs is 1. The number of nitrogens with two attached hydrogens (primary N) is 1. The number of carbonyl (C=O) groups is 3. The van der Waals surface area contributed by atoms with Crippen molar-refractivity contribution in [3.63, 3.8) is 0 Å². The van der Waals surface area contributed by atoms with Gasteiger partial charge in [0.25, 0.3) is 5.91 Å². The molecule has 3 amide bonds. The van der Waals surface area contributed by atoms with E-state index in [1.54, 1.807) is 78.8 Å². The van der Waals surface area contributed by atoms with Crippen molar-refractivity contribution in [3.8, 4) is 0 Å². The Balaban J connectivity index is 1.89. The largest absolute Gasteiger partial charge is 0.443 e. The van der Waals surface area contributed by atoms with Crippen LogP contribution in [0.4, 0.5) is 21.0 Å². The van der Waals surface area contributed by atoms with Crippen molar-refractivity contribution in [3.05, 3.63) is 71.4 Å². The summed E-state index contributed by atoms with van der Waals surface area (Å²) in [5.74, 6) is -0.697. The molecule has 0 saturated heterocycles. The molecular formula is C29H32N4O5S. The minimum Gasteiger partial charge on any atom is -0.443 e. The number of hydrogen-bond acceptors (Lipinski definition) is 8. The number of hydrazone groups is 1. The molecule has 2 N–H and O–H groups in total. The summed E-state index contributed by atoms with van der Waals surface area (Å²) in [4.78, 5) is 43.1. The van der Waals surface area contributed by atoms with E-state index in [9.17, 15) is 14.4 Å². The average molecular weight is 549 g/mol. The topological polar surface area (TPSA) is 115 Å². The second kappa shape index (κ2) is 10.3. The van der Waals surface area contributed by atoms with Gasteiger partial charge in [0.2, 0.25) is 0 Å². The first-order valence-electron chi connectivity index (χ1n) is 12.4. The smallest absolute Gasteiger partial charge is 0.438 e. The maximum absolute atomic E-state index is 13.6. The molecular weight excluding hydrogens is 516 g/mol. The highest BCUT2D eigenvalue weighted by atomic mass is 32.2. The third-order valence-corrected chi connectivity index (χ3v) is 6.51. The summed E-state index contributed by atoms with van der Waals surface area (Å²) in [6.45, 7) is 12.0. The molecule has 2 aliphatic rings. The maximum atomic E-state index is 13.6. The van der Waals surface area contributed by atoms with Crippen LogP contribution in [0.2, 0.25) is 0 Å². The molecule has 2 heterocycles. The SMILES string of the molecule is CC1=NN(C(=O)OC(C)(C)C)C(=O)C1=C1C=C(Sc2ccc(N)cc2)c2ccccc2N1C(=O)OC(C)(C)C. The molecule has 204 valence electrons. The Kier molecular flexibility index (Phi) is 7.36. The molecule has 0 spiro atoms. The minimum absolute atomic E-state index is 0.0941. The molecule has 0 aromatic heterocycles. The van der Waals surface area contributed by atoms with Gasteiger partial charge in [-0.3, -0.25) is 4.79 Å². The Morgan fingerprint density at radius 1 is 0.897 bits per heavy atom. The average Bonchev–Trinajstić information content (AvgIpc) is 3.11. The summed E-state index contributed by atoms with van der Waals surface area (Å²) >= 11 is 1.46. The Hall–Kier alpha value is -4.05. The molecule has 4 rings (SSSR count). The van der Waals surface area contributed by atoms with E-state index in [1.165, 1.54) is 16.7 Å². The number of thioether (sulfide) groups is 1. The highest BCUT2D eigenvalue weighted by Gasteiger charge is 2.41. The zero-order valence-electron chi connectivity index (χ0n) is 23.1. The fourth-order valence-electron chi connectivity index (χ4n) is 3.94. The van der Waals surface area contributed by atoms with Crippen molar-refractivity contribution in [1.82, 2.24) is 5.01 Å². The number of rotatable bonds is 2. The highest BCUT2D eigenvalue weighted by Crippen LogP contribution is 2.46. The zero-order valence-corrected chi connectivity index (χ0v) is 23.9. The normalized spacial score (nSPS) is 17.5. The quantitative estimate of drug-likeness (QED) is 0.334. The van der Waals surface area contributed by atoms with Crippen LogP contribution < -0.4 is 10.6 Å². The van der Waals surface area contributed by atoms with Crippen molar-refractivity contribution in [2.45, 2.75) is 64.6 Å². The maximum Gasteiger partial charge on any atom is 0.438 e. The van der Waals surface area contributed by atoms with E-state index in [2.05, 4.69) is 5.10 Å². The summed E-state index contributed by atoms with van der Waals surface area (Å²) in [6.07, 6.45) is 0.183. The van der Waals surface area contributed by atoms with Crippen LogP contribution in [-0.2, 0) is 14.3 Å². The van der Waals surface area contributed by atoms with E-state index in [-0.39, 0.29) is 17.0 Å². The molecule has 39 heavy (non-hydrogen) atoms. The number of nitrogen functional groups attached to an aromatic ring is 1. The van der Waals surface area contributed by atoms with Gasteiger partial charge < -0.3 is 15.2 Å². The molecule has 0 bridgehead atoms. The Labute approximate surface area is 232 Å². The number of imide groups is 1. The monoisotopic (exact) mass is 548 g/mol. The van der Waals surface area contributed by atoms with Crippen molar-refractivity contribution < 1.29 is 23.9 Å². The van der Waals surface area contributed by atoms with Crippen molar-refractivity contribution >= 4 is 51.8 Å². The Morgan fingerprint density at radius 3 is 2.10 bits per heavy atom. The molecule has 10 heteroatoms. The number of benzene rings is 2. The van der Waals surface area contributed by atoms with Crippen LogP contribution in [0, 0.1) is 0 Å². The standard InChI is InChI=1S/C29H32N4O5S/c1-17-24(25(34)33(31-17)27(36)38-29(5,6)7)22-16-23(39-19-14-12-18(30)13-15-19)20-10-8-9-11-21(20)32(22)26(35)37-28(2,3)4/h8-16H,30H2,1-7H3. The number of allylic oxidation sites excluding steroid dienone is 1. The predicted molar refractivity (Wildman–Crippen MR) is 153 cm³/mol. The summed E-state index contributed by atoms with van der Waals surface area (Å²) in [5.41, 5.74) is 6.80. The van der Waals surface area contributed by atoms with E-state index in [4.69, 9.17) is 15.2 Å². The lowest BCUT2D eigenvalue weighted by molar-refractivity contribution is -0.125. The van der Waals surface area contributed by atoms with E-state index in [0.717, 1.165) is 15.4 Å². The molecule has 0 unspecified atom stereocenters. The fraction of sp³-hybridized carbons (Fsp3) is 0.310. The lowest BCUT2D eigenvalue weighted by Crippen LogP contribution is -2.40. The lowest BCUT2D eigenvalue weighted by Gasteiger charge is -2.33. The molecule has 2 aromatic rings. The summed E-state index contributed by atoms with van der Waals surface area (Å²) in [7, 11) is 0. The molecule has 0 aliphatic carbocycles. The second-order valence-corrected chi connectivity index (χ2v) is 12.2. The van der Waals surface area contributed by atoms with E-state index < -0.39 is 29.3 Å². The molecule has 0 fully saturated rings. The molecule has 0 atom stereocenters. The van der Waals surface area contributed by atoms with Gasteiger partial charge in [0, 0.05) is 21.1 Å². The van der Waals surface area contributed by atoms with Gasteiger partial charge in [0.05, 0.1) is 22.7 Å². The third-order valence-electron chi connectivity index (χ3n) is 5.44. The van der Waals surface area contributed by atoms with Crippen molar-refractivity contribution in [2.24, 2.45) is 5.10 Å². The number of nitrogens with zero attached hydrogens (tertiary/aromatic N) is 3. The number of ether oxygens (including phenoxy) is 2. The van der Waals surface area contributed by atoms with Gasteiger partial charge in [-0.05, 0) is 84.9 Å². The molecule has 0 saturated carbocycles. The lowest BCUT2D eigenvalue weighted by atomic mass is 10.0. The summed E-state index contributed by atoms with van der Waals surface area (Å²) in [5, 5.41) is 4.88. The fourth-order valence-corrected chi connectivity index (χ4v) is 4.92. The van der Waals surface area contributed by atoms with Crippen LogP contribution in [0.5, 0.6) is 0 Å². The number of hydrogen-bond donors (Lipinski definition) is 1. The Morgan fingerprint density at radius 2 is 1.49 bits per heavy atom. The first-order chi connectivity index (χ1) is 18.1. The van der Waals surface area contributed by atoms with Gasteiger partial charge in [0.15, 0.2) is 0 Å². The van der Waals surface area contributed by atoms with Gasteiger partial charge in [-0.15, -0.1) is 5.01 Å². The predicted octanol–water partition coefficient (Wildman–Crippen LogP) is 6.56. The van der Waals surface area contributed by atoms with Crippen LogP contribution in [0.25, 0.3) is 4.91 Å². The molecule has 9 nitrogen and oxygen atoms in total. The van der Waals surface area contributed by atoms with Gasteiger partial charge in [-0.2, -0.15) is 5.10 Å².